The highest BCUT2D eigenvalue weighted by molar-refractivity contribution is 5.95. The van der Waals surface area contributed by atoms with Crippen molar-refractivity contribution in [1.82, 2.24) is 5.32 Å². The number of anilines is 2. The summed E-state index contributed by atoms with van der Waals surface area (Å²) in [4.78, 5) is 25.7. The first kappa shape index (κ1) is 18.4. The number of amides is 2. The van der Waals surface area contributed by atoms with Gasteiger partial charge in [-0.05, 0) is 60.8 Å². The van der Waals surface area contributed by atoms with Gasteiger partial charge in [-0.25, -0.2) is 4.39 Å². The summed E-state index contributed by atoms with van der Waals surface area (Å²) in [5, 5.41) is 5.78. The Kier molecular flexibility index (Phi) is 5.25. The van der Waals surface area contributed by atoms with Crippen LogP contribution in [0.5, 0.6) is 5.75 Å². The highest BCUT2D eigenvalue weighted by Gasteiger charge is 2.21. The highest BCUT2D eigenvalue weighted by Crippen LogP contribution is 2.25. The topological polar surface area (TPSA) is 70.7 Å². The van der Waals surface area contributed by atoms with Gasteiger partial charge in [-0.2, -0.15) is 0 Å². The predicted molar refractivity (Wildman–Crippen MR) is 104 cm³/mol. The van der Waals surface area contributed by atoms with Crippen LogP contribution in [0.4, 0.5) is 15.8 Å². The molecule has 28 heavy (non-hydrogen) atoms. The van der Waals surface area contributed by atoms with Crippen LogP contribution < -0.4 is 20.3 Å². The maximum atomic E-state index is 14.6. The lowest BCUT2D eigenvalue weighted by Gasteiger charge is -2.19. The van der Waals surface area contributed by atoms with E-state index in [9.17, 15) is 14.0 Å². The Labute approximate surface area is 162 Å². The van der Waals surface area contributed by atoms with Crippen LogP contribution in [0, 0.1) is 5.82 Å². The first-order chi connectivity index (χ1) is 13.6. The van der Waals surface area contributed by atoms with E-state index >= 15 is 0 Å². The molecule has 0 radical (unpaired) electrons. The van der Waals surface area contributed by atoms with Gasteiger partial charge in [0.15, 0.2) is 6.61 Å². The van der Waals surface area contributed by atoms with Gasteiger partial charge in [0.05, 0.1) is 5.69 Å². The fourth-order valence-corrected chi connectivity index (χ4v) is 3.61. The van der Waals surface area contributed by atoms with Crippen LogP contribution in [0.1, 0.15) is 24.0 Å². The van der Waals surface area contributed by atoms with Gasteiger partial charge in [0.1, 0.15) is 11.6 Å². The molecule has 2 amide bonds. The highest BCUT2D eigenvalue weighted by atomic mass is 19.1. The Morgan fingerprint density at radius 2 is 2.00 bits per heavy atom. The molecule has 0 spiro atoms. The van der Waals surface area contributed by atoms with Crippen LogP contribution >= 0.6 is 0 Å². The summed E-state index contributed by atoms with van der Waals surface area (Å²) in [5.41, 5.74) is 2.58. The Balaban J connectivity index is 1.34. The molecule has 0 unspecified atom stereocenters. The van der Waals surface area contributed by atoms with Gasteiger partial charge in [0.25, 0.3) is 5.91 Å². The smallest absolute Gasteiger partial charge is 0.262 e. The molecule has 2 heterocycles. The third-order valence-corrected chi connectivity index (χ3v) is 5.07. The zero-order chi connectivity index (χ0) is 19.5. The molecule has 146 valence electrons. The van der Waals surface area contributed by atoms with Crippen molar-refractivity contribution in [1.29, 1.82) is 0 Å². The van der Waals surface area contributed by atoms with Crippen molar-refractivity contribution in [3.05, 3.63) is 53.3 Å². The molecule has 0 aliphatic carbocycles. The van der Waals surface area contributed by atoms with E-state index in [1.165, 1.54) is 0 Å². The number of nitrogens with zero attached hydrogens (tertiary/aromatic N) is 1. The fourth-order valence-electron chi connectivity index (χ4n) is 3.61. The third kappa shape index (κ3) is 3.84. The number of hydrogen-bond donors (Lipinski definition) is 2. The van der Waals surface area contributed by atoms with Gasteiger partial charge >= 0.3 is 0 Å². The first-order valence-corrected chi connectivity index (χ1v) is 9.46. The van der Waals surface area contributed by atoms with E-state index in [2.05, 4.69) is 10.6 Å². The summed E-state index contributed by atoms with van der Waals surface area (Å²) >= 11 is 0. The number of carbonyl (C=O) groups is 2. The molecule has 0 saturated carbocycles. The average Bonchev–Trinajstić information content (AvgIpc) is 3.15. The monoisotopic (exact) mass is 383 g/mol. The largest absolute Gasteiger partial charge is 0.484 e. The van der Waals surface area contributed by atoms with Gasteiger partial charge in [-0.15, -0.1) is 0 Å². The Morgan fingerprint density at radius 3 is 2.75 bits per heavy atom. The SMILES string of the molecule is O=C(COc1ccc(N2CCCC2=O)cc1)Nc1ccc2c(c1F)CCNC2. The number of carbonyl (C=O) groups excluding carboxylic acids is 2. The minimum Gasteiger partial charge on any atom is -0.484 e. The quantitative estimate of drug-likeness (QED) is 0.833. The lowest BCUT2D eigenvalue weighted by atomic mass is 9.99. The van der Waals surface area contributed by atoms with E-state index in [-0.39, 0.29) is 24.0 Å². The van der Waals surface area contributed by atoms with Crippen LogP contribution in [0.25, 0.3) is 0 Å². The summed E-state index contributed by atoms with van der Waals surface area (Å²) in [7, 11) is 0. The van der Waals surface area contributed by atoms with Crippen molar-refractivity contribution >= 4 is 23.2 Å². The molecule has 2 aliphatic heterocycles. The standard InChI is InChI=1S/C21H22FN3O3/c22-21-17-9-10-23-12-14(17)3-8-18(21)24-19(26)13-28-16-6-4-15(5-7-16)25-11-1-2-20(25)27/h3-8,23H,1-2,9-13H2,(H,24,26). The third-order valence-electron chi connectivity index (χ3n) is 5.07. The Bertz CT molecular complexity index is 899. The van der Waals surface area contributed by atoms with Gasteiger partial charge in [0, 0.05) is 25.2 Å². The predicted octanol–water partition coefficient (Wildman–Crippen LogP) is 2.62. The molecule has 0 atom stereocenters. The molecule has 2 aromatic rings. The second-order valence-corrected chi connectivity index (χ2v) is 6.97. The van der Waals surface area contributed by atoms with E-state index in [1.54, 1.807) is 35.2 Å². The second kappa shape index (κ2) is 7.98. The van der Waals surface area contributed by atoms with Gasteiger partial charge in [0.2, 0.25) is 5.91 Å². The molecule has 2 aromatic carbocycles. The van der Waals surface area contributed by atoms with Crippen LogP contribution in [-0.4, -0.2) is 31.5 Å². The van der Waals surface area contributed by atoms with E-state index in [0.717, 1.165) is 30.8 Å². The molecule has 7 heteroatoms. The zero-order valence-corrected chi connectivity index (χ0v) is 15.5. The van der Waals surface area contributed by atoms with Gasteiger partial charge in [-0.3, -0.25) is 9.59 Å². The lowest BCUT2D eigenvalue weighted by molar-refractivity contribution is -0.118. The van der Waals surface area contributed by atoms with Crippen molar-refractivity contribution in [2.75, 3.05) is 29.9 Å². The molecular weight excluding hydrogens is 361 g/mol. The summed E-state index contributed by atoms with van der Waals surface area (Å²) in [5.74, 6) is -0.156. The second-order valence-electron chi connectivity index (χ2n) is 6.97. The van der Waals surface area contributed by atoms with Crippen LogP contribution in [0.2, 0.25) is 0 Å². The summed E-state index contributed by atoms with van der Waals surface area (Å²) in [6.45, 7) is 1.87. The number of halogens is 1. The van der Waals surface area contributed by atoms with Crippen LogP contribution in [-0.2, 0) is 22.6 Å². The summed E-state index contributed by atoms with van der Waals surface area (Å²) in [6, 6.07) is 10.5. The Hall–Kier alpha value is -2.93. The molecule has 0 bridgehead atoms. The number of ether oxygens (including phenoxy) is 1. The van der Waals surface area contributed by atoms with Gasteiger partial charge in [-0.1, -0.05) is 6.07 Å². The Morgan fingerprint density at radius 1 is 1.18 bits per heavy atom. The molecule has 4 rings (SSSR count). The van der Waals surface area contributed by atoms with Crippen molar-refractivity contribution in [3.63, 3.8) is 0 Å². The van der Waals surface area contributed by atoms with Crippen LogP contribution in [0.3, 0.4) is 0 Å². The molecule has 6 nitrogen and oxygen atoms in total. The average molecular weight is 383 g/mol. The number of fused-ring (bicyclic) bond motifs is 1. The van der Waals surface area contributed by atoms with Crippen molar-refractivity contribution in [2.45, 2.75) is 25.8 Å². The van der Waals surface area contributed by atoms with Gasteiger partial charge < -0.3 is 20.3 Å². The van der Waals surface area contributed by atoms with E-state index in [1.807, 2.05) is 6.07 Å². The van der Waals surface area contributed by atoms with E-state index < -0.39 is 5.91 Å². The lowest BCUT2D eigenvalue weighted by Crippen LogP contribution is -2.26. The molecule has 2 aliphatic rings. The maximum absolute atomic E-state index is 14.6. The number of rotatable bonds is 5. The van der Waals surface area contributed by atoms with Crippen molar-refractivity contribution < 1.29 is 18.7 Å². The molecule has 2 N–H and O–H groups in total. The number of nitrogens with one attached hydrogen (secondary N) is 2. The van der Waals surface area contributed by atoms with E-state index in [0.29, 0.717) is 30.7 Å². The molecule has 1 fully saturated rings. The zero-order valence-electron chi connectivity index (χ0n) is 15.5. The maximum Gasteiger partial charge on any atom is 0.262 e. The molecule has 0 aromatic heterocycles. The van der Waals surface area contributed by atoms with Crippen LogP contribution in [0.15, 0.2) is 36.4 Å². The fraction of sp³-hybridized carbons (Fsp3) is 0.333. The minimum absolute atomic E-state index is 0.121. The van der Waals surface area contributed by atoms with E-state index in [4.69, 9.17) is 4.74 Å². The summed E-state index contributed by atoms with van der Waals surface area (Å²) < 4.78 is 20.1. The minimum atomic E-state index is -0.424. The normalized spacial score (nSPS) is 16.0. The van der Waals surface area contributed by atoms with Crippen molar-refractivity contribution in [2.24, 2.45) is 0 Å². The van der Waals surface area contributed by atoms with Crippen molar-refractivity contribution in [3.8, 4) is 5.75 Å². The summed E-state index contributed by atoms with van der Waals surface area (Å²) in [6.07, 6.45) is 2.05. The first-order valence-electron chi connectivity index (χ1n) is 9.46. The molecule has 1 saturated heterocycles. The molecular formula is C21H22FN3O3. The number of hydrogen-bond acceptors (Lipinski definition) is 4. The number of benzene rings is 2.